The van der Waals surface area contributed by atoms with Gasteiger partial charge in [0, 0.05) is 29.6 Å². The number of nitrogens with two attached hydrogens (primary N) is 1. The SMILES string of the molecule is CCSc1ccc(-c2cc(NCCN)ncn2)cc1. The lowest BCUT2D eigenvalue weighted by Gasteiger charge is -2.06. The third kappa shape index (κ3) is 3.94. The van der Waals surface area contributed by atoms with Gasteiger partial charge in [0.2, 0.25) is 0 Å². The fourth-order valence-electron chi connectivity index (χ4n) is 1.70. The molecular weight excluding hydrogens is 256 g/mol. The zero-order valence-corrected chi connectivity index (χ0v) is 11.8. The second-order valence-corrected chi connectivity index (χ2v) is 5.30. The number of anilines is 1. The highest BCUT2D eigenvalue weighted by Crippen LogP contribution is 2.23. The van der Waals surface area contributed by atoms with E-state index in [9.17, 15) is 0 Å². The summed E-state index contributed by atoms with van der Waals surface area (Å²) in [4.78, 5) is 9.75. The minimum atomic E-state index is 0.586. The molecule has 1 heterocycles. The van der Waals surface area contributed by atoms with E-state index in [0.717, 1.165) is 22.8 Å². The summed E-state index contributed by atoms with van der Waals surface area (Å²) in [5.74, 6) is 1.89. The highest BCUT2D eigenvalue weighted by molar-refractivity contribution is 7.99. The Morgan fingerprint density at radius 1 is 1.21 bits per heavy atom. The lowest BCUT2D eigenvalue weighted by atomic mass is 10.1. The first kappa shape index (κ1) is 13.8. The Hall–Kier alpha value is -1.59. The summed E-state index contributed by atoms with van der Waals surface area (Å²) < 4.78 is 0. The number of benzene rings is 1. The number of hydrogen-bond acceptors (Lipinski definition) is 5. The van der Waals surface area contributed by atoms with E-state index in [1.807, 2.05) is 17.8 Å². The smallest absolute Gasteiger partial charge is 0.129 e. The molecule has 0 saturated heterocycles. The molecule has 1 aromatic heterocycles. The van der Waals surface area contributed by atoms with Crippen LogP contribution in [-0.2, 0) is 0 Å². The minimum Gasteiger partial charge on any atom is -0.369 e. The summed E-state index contributed by atoms with van der Waals surface area (Å²) in [5.41, 5.74) is 7.48. The van der Waals surface area contributed by atoms with Gasteiger partial charge in [0.25, 0.3) is 0 Å². The van der Waals surface area contributed by atoms with Gasteiger partial charge in [-0.05, 0) is 17.9 Å². The van der Waals surface area contributed by atoms with Gasteiger partial charge in [0.1, 0.15) is 12.1 Å². The predicted molar refractivity (Wildman–Crippen MR) is 81.4 cm³/mol. The average molecular weight is 274 g/mol. The molecular formula is C14H18N4S. The van der Waals surface area contributed by atoms with Gasteiger partial charge in [-0.15, -0.1) is 11.8 Å². The van der Waals surface area contributed by atoms with Crippen LogP contribution in [0.1, 0.15) is 6.92 Å². The Balaban J connectivity index is 2.16. The summed E-state index contributed by atoms with van der Waals surface area (Å²) in [6.07, 6.45) is 1.57. The van der Waals surface area contributed by atoms with Crippen molar-refractivity contribution in [2.45, 2.75) is 11.8 Å². The lowest BCUT2D eigenvalue weighted by molar-refractivity contribution is 1.00. The zero-order chi connectivity index (χ0) is 13.5. The molecule has 2 aromatic rings. The maximum absolute atomic E-state index is 5.46. The highest BCUT2D eigenvalue weighted by atomic mass is 32.2. The van der Waals surface area contributed by atoms with E-state index >= 15 is 0 Å². The third-order valence-corrected chi connectivity index (χ3v) is 3.47. The quantitative estimate of drug-likeness (QED) is 0.793. The maximum atomic E-state index is 5.46. The van der Waals surface area contributed by atoms with Crippen LogP contribution in [0.25, 0.3) is 11.3 Å². The van der Waals surface area contributed by atoms with Crippen LogP contribution in [0.4, 0.5) is 5.82 Å². The Morgan fingerprint density at radius 2 is 2.00 bits per heavy atom. The monoisotopic (exact) mass is 274 g/mol. The van der Waals surface area contributed by atoms with Gasteiger partial charge in [-0.3, -0.25) is 0 Å². The number of rotatable bonds is 6. The van der Waals surface area contributed by atoms with Gasteiger partial charge in [0.15, 0.2) is 0 Å². The molecule has 2 rings (SSSR count). The molecule has 0 amide bonds. The molecule has 0 aliphatic heterocycles. The van der Waals surface area contributed by atoms with Gasteiger partial charge < -0.3 is 11.1 Å². The number of hydrogen-bond donors (Lipinski definition) is 2. The third-order valence-electron chi connectivity index (χ3n) is 2.58. The molecule has 1 aromatic carbocycles. The number of nitrogens with zero attached hydrogens (tertiary/aromatic N) is 2. The molecule has 0 aliphatic carbocycles. The second-order valence-electron chi connectivity index (χ2n) is 3.96. The van der Waals surface area contributed by atoms with Crippen LogP contribution in [0.5, 0.6) is 0 Å². The summed E-state index contributed by atoms with van der Waals surface area (Å²) in [6, 6.07) is 10.4. The molecule has 0 radical (unpaired) electrons. The normalized spacial score (nSPS) is 10.4. The molecule has 5 heteroatoms. The Kier molecular flexibility index (Phi) is 5.18. The first-order valence-electron chi connectivity index (χ1n) is 6.32. The molecule has 0 atom stereocenters. The molecule has 0 unspecified atom stereocenters. The van der Waals surface area contributed by atoms with Gasteiger partial charge in [-0.2, -0.15) is 0 Å². The first-order valence-corrected chi connectivity index (χ1v) is 7.31. The molecule has 0 bridgehead atoms. The van der Waals surface area contributed by atoms with Crippen molar-refractivity contribution in [2.75, 3.05) is 24.2 Å². The zero-order valence-electron chi connectivity index (χ0n) is 11.0. The highest BCUT2D eigenvalue weighted by Gasteiger charge is 2.02. The molecule has 0 aliphatic rings. The van der Waals surface area contributed by atoms with E-state index < -0.39 is 0 Å². The maximum Gasteiger partial charge on any atom is 0.129 e. The topological polar surface area (TPSA) is 63.8 Å². The van der Waals surface area contributed by atoms with Gasteiger partial charge >= 0.3 is 0 Å². The fraction of sp³-hybridized carbons (Fsp3) is 0.286. The van der Waals surface area contributed by atoms with E-state index in [1.54, 1.807) is 6.33 Å². The largest absolute Gasteiger partial charge is 0.369 e. The van der Waals surface area contributed by atoms with Crippen LogP contribution < -0.4 is 11.1 Å². The van der Waals surface area contributed by atoms with Crippen molar-refractivity contribution < 1.29 is 0 Å². The molecule has 0 spiro atoms. The number of aromatic nitrogens is 2. The number of thioether (sulfide) groups is 1. The predicted octanol–water partition coefficient (Wildman–Crippen LogP) is 2.63. The van der Waals surface area contributed by atoms with Gasteiger partial charge in [-0.1, -0.05) is 19.1 Å². The minimum absolute atomic E-state index is 0.586. The van der Waals surface area contributed by atoms with Crippen LogP contribution >= 0.6 is 11.8 Å². The van der Waals surface area contributed by atoms with E-state index in [2.05, 4.69) is 46.5 Å². The molecule has 4 nitrogen and oxygen atoms in total. The van der Waals surface area contributed by atoms with Crippen molar-refractivity contribution in [3.8, 4) is 11.3 Å². The molecule has 100 valence electrons. The Labute approximate surface area is 117 Å². The Bertz CT molecular complexity index is 513. The van der Waals surface area contributed by atoms with Gasteiger partial charge in [0.05, 0.1) is 5.69 Å². The van der Waals surface area contributed by atoms with E-state index in [-0.39, 0.29) is 0 Å². The van der Waals surface area contributed by atoms with Crippen LogP contribution in [0, 0.1) is 0 Å². The van der Waals surface area contributed by atoms with Gasteiger partial charge in [-0.25, -0.2) is 9.97 Å². The first-order chi connectivity index (χ1) is 9.33. The van der Waals surface area contributed by atoms with Crippen LogP contribution in [0.2, 0.25) is 0 Å². The summed E-state index contributed by atoms with van der Waals surface area (Å²) >= 11 is 1.83. The van der Waals surface area contributed by atoms with E-state index in [0.29, 0.717) is 13.1 Å². The average Bonchev–Trinajstić information content (AvgIpc) is 2.46. The van der Waals surface area contributed by atoms with Crippen LogP contribution in [0.15, 0.2) is 41.6 Å². The van der Waals surface area contributed by atoms with E-state index in [1.165, 1.54) is 4.90 Å². The van der Waals surface area contributed by atoms with Crippen molar-refractivity contribution in [1.82, 2.24) is 9.97 Å². The summed E-state index contributed by atoms with van der Waals surface area (Å²) in [5, 5.41) is 3.16. The number of nitrogens with one attached hydrogen (secondary N) is 1. The van der Waals surface area contributed by atoms with Crippen molar-refractivity contribution in [1.29, 1.82) is 0 Å². The molecule has 0 saturated carbocycles. The fourth-order valence-corrected chi connectivity index (χ4v) is 2.36. The van der Waals surface area contributed by atoms with Crippen molar-refractivity contribution >= 4 is 17.6 Å². The van der Waals surface area contributed by atoms with E-state index in [4.69, 9.17) is 5.73 Å². The van der Waals surface area contributed by atoms with Crippen LogP contribution in [-0.4, -0.2) is 28.8 Å². The molecule has 0 fully saturated rings. The molecule has 19 heavy (non-hydrogen) atoms. The summed E-state index contributed by atoms with van der Waals surface area (Å²) in [7, 11) is 0. The Morgan fingerprint density at radius 3 is 2.68 bits per heavy atom. The lowest BCUT2D eigenvalue weighted by Crippen LogP contribution is -2.13. The van der Waals surface area contributed by atoms with Crippen LogP contribution in [0.3, 0.4) is 0 Å². The van der Waals surface area contributed by atoms with Crippen molar-refractivity contribution in [3.63, 3.8) is 0 Å². The van der Waals surface area contributed by atoms with Crippen molar-refractivity contribution in [3.05, 3.63) is 36.7 Å². The molecule has 3 N–H and O–H groups in total. The summed E-state index contributed by atoms with van der Waals surface area (Å²) in [6.45, 7) is 3.45. The van der Waals surface area contributed by atoms with Crippen molar-refractivity contribution in [2.24, 2.45) is 5.73 Å². The second kappa shape index (κ2) is 7.11. The standard InChI is InChI=1S/C14H18N4S/c1-2-19-12-5-3-11(4-6-12)13-9-14(16-8-7-15)18-10-17-13/h3-6,9-10H,2,7-8,15H2,1H3,(H,16,17,18).